The number of halogens is 2. The van der Waals surface area contributed by atoms with Gasteiger partial charge in [0.1, 0.15) is 0 Å². The Balaban J connectivity index is 2.13. The van der Waals surface area contributed by atoms with Crippen LogP contribution in [0, 0.1) is 11.6 Å². The summed E-state index contributed by atoms with van der Waals surface area (Å²) in [5.41, 5.74) is 0.228. The molecular formula is C15H13F2N3O4S. The number of thioether (sulfide) groups is 1. The summed E-state index contributed by atoms with van der Waals surface area (Å²) in [4.78, 5) is 22.8. The van der Waals surface area contributed by atoms with Gasteiger partial charge in [-0.3, -0.25) is 10.1 Å². The number of amidine groups is 1. The molecule has 1 aromatic rings. The molecule has 0 saturated carbocycles. The number of hydrogen-bond donors (Lipinski definition) is 1. The number of ether oxygens (including phenoxy) is 2. The summed E-state index contributed by atoms with van der Waals surface area (Å²) in [7, 11) is 1.19. The highest BCUT2D eigenvalue weighted by Crippen LogP contribution is 2.24. The van der Waals surface area contributed by atoms with E-state index >= 15 is 0 Å². The zero-order valence-corrected chi connectivity index (χ0v) is 14.0. The maximum atomic E-state index is 13.5. The highest BCUT2D eigenvalue weighted by Gasteiger charge is 2.25. The second-order valence-electron chi connectivity index (χ2n) is 4.49. The fourth-order valence-corrected chi connectivity index (χ4v) is 2.45. The fraction of sp³-hybridized carbons (Fsp3) is 0.200. The molecule has 7 nitrogen and oxygen atoms in total. The maximum absolute atomic E-state index is 13.5. The minimum atomic E-state index is -1.08. The highest BCUT2D eigenvalue weighted by molar-refractivity contribution is 8.18. The Labute approximate surface area is 145 Å². The fourth-order valence-electron chi connectivity index (χ4n) is 1.71. The standard InChI is InChI=1S/C15H13F2N3O4S/c1-3-24-10-5-8(4-9(16)13(10)17)7-18-20-15-19-14(22)11(25-15)6-12(21)23-2/h4-7H,3H2,1-2H3,(H,19,20,22)/b11-6+,18-7?. The number of carbonyl (C=O) groups is 2. The molecule has 1 aliphatic rings. The third-order valence-corrected chi connectivity index (χ3v) is 3.67. The van der Waals surface area contributed by atoms with Crippen molar-refractivity contribution in [2.45, 2.75) is 6.92 Å². The van der Waals surface area contributed by atoms with Crippen molar-refractivity contribution in [2.24, 2.45) is 10.2 Å². The Morgan fingerprint density at radius 1 is 1.40 bits per heavy atom. The van der Waals surface area contributed by atoms with E-state index in [9.17, 15) is 18.4 Å². The molecule has 1 amide bonds. The number of amides is 1. The van der Waals surface area contributed by atoms with E-state index in [0.29, 0.717) is 0 Å². The van der Waals surface area contributed by atoms with Crippen LogP contribution in [0.4, 0.5) is 8.78 Å². The Bertz CT molecular complexity index is 793. The summed E-state index contributed by atoms with van der Waals surface area (Å²) < 4.78 is 36.4. The van der Waals surface area contributed by atoms with Gasteiger partial charge in [-0.15, -0.1) is 5.10 Å². The van der Waals surface area contributed by atoms with Gasteiger partial charge in [0.15, 0.2) is 16.7 Å². The molecule has 0 unspecified atom stereocenters. The monoisotopic (exact) mass is 369 g/mol. The van der Waals surface area contributed by atoms with Crippen LogP contribution >= 0.6 is 11.8 Å². The summed E-state index contributed by atoms with van der Waals surface area (Å²) in [6.07, 6.45) is 2.20. The molecule has 1 fully saturated rings. The van der Waals surface area contributed by atoms with Gasteiger partial charge in [-0.2, -0.15) is 9.49 Å². The lowest BCUT2D eigenvalue weighted by Gasteiger charge is -2.05. The van der Waals surface area contributed by atoms with Crippen molar-refractivity contribution in [3.05, 3.63) is 40.3 Å². The molecule has 0 bridgehead atoms. The molecule has 1 N–H and O–H groups in total. The van der Waals surface area contributed by atoms with E-state index in [-0.39, 0.29) is 28.0 Å². The first kappa shape index (κ1) is 18.6. The third-order valence-electron chi connectivity index (χ3n) is 2.77. The summed E-state index contributed by atoms with van der Waals surface area (Å²) in [5.74, 6) is -3.58. The van der Waals surface area contributed by atoms with Crippen molar-refractivity contribution in [3.63, 3.8) is 0 Å². The lowest BCUT2D eigenvalue weighted by molar-refractivity contribution is -0.135. The van der Waals surface area contributed by atoms with Crippen molar-refractivity contribution in [2.75, 3.05) is 13.7 Å². The number of methoxy groups -OCH3 is 1. The van der Waals surface area contributed by atoms with Crippen LogP contribution in [0.5, 0.6) is 5.75 Å². The van der Waals surface area contributed by atoms with Crippen LogP contribution in [0.3, 0.4) is 0 Å². The molecule has 0 atom stereocenters. The van der Waals surface area contributed by atoms with Gasteiger partial charge in [-0.05, 0) is 30.8 Å². The minimum Gasteiger partial charge on any atom is -0.491 e. The van der Waals surface area contributed by atoms with Crippen LogP contribution in [-0.2, 0) is 14.3 Å². The van der Waals surface area contributed by atoms with Crippen molar-refractivity contribution in [3.8, 4) is 5.75 Å². The molecule has 0 aliphatic carbocycles. The van der Waals surface area contributed by atoms with Crippen LogP contribution in [0.2, 0.25) is 0 Å². The van der Waals surface area contributed by atoms with Crippen LogP contribution in [-0.4, -0.2) is 37.0 Å². The van der Waals surface area contributed by atoms with Gasteiger partial charge >= 0.3 is 5.97 Å². The molecule has 2 rings (SSSR count). The third kappa shape index (κ3) is 4.86. The summed E-state index contributed by atoms with van der Waals surface area (Å²) in [5, 5.41) is 9.98. The Kier molecular flexibility index (Phi) is 6.23. The predicted molar refractivity (Wildman–Crippen MR) is 88.4 cm³/mol. The van der Waals surface area contributed by atoms with E-state index in [4.69, 9.17) is 4.74 Å². The summed E-state index contributed by atoms with van der Waals surface area (Å²) in [6.45, 7) is 1.82. The molecule has 1 aromatic carbocycles. The lowest BCUT2D eigenvalue weighted by atomic mass is 10.2. The first-order valence-corrected chi connectivity index (χ1v) is 7.78. The quantitative estimate of drug-likeness (QED) is 0.371. The van der Waals surface area contributed by atoms with E-state index < -0.39 is 23.5 Å². The lowest BCUT2D eigenvalue weighted by Crippen LogP contribution is -2.19. The van der Waals surface area contributed by atoms with Gasteiger partial charge in [0.2, 0.25) is 5.82 Å². The van der Waals surface area contributed by atoms with Crippen LogP contribution in [0.25, 0.3) is 0 Å². The number of carbonyl (C=O) groups excluding carboxylic acids is 2. The zero-order chi connectivity index (χ0) is 18.4. The second-order valence-corrected chi connectivity index (χ2v) is 5.52. The first-order chi connectivity index (χ1) is 11.9. The number of nitrogens with one attached hydrogen (secondary N) is 1. The molecule has 132 valence electrons. The van der Waals surface area contributed by atoms with Gasteiger partial charge in [0, 0.05) is 11.6 Å². The summed E-state index contributed by atoms with van der Waals surface area (Å²) >= 11 is 0.892. The molecule has 1 saturated heterocycles. The number of hydrogen-bond acceptors (Lipinski definition) is 7. The molecular weight excluding hydrogens is 356 g/mol. The average Bonchev–Trinajstić information content (AvgIpc) is 2.91. The summed E-state index contributed by atoms with van der Waals surface area (Å²) in [6, 6.07) is 2.21. The van der Waals surface area contributed by atoms with Crippen LogP contribution in [0.15, 0.2) is 33.3 Å². The molecule has 1 aliphatic heterocycles. The van der Waals surface area contributed by atoms with Crippen LogP contribution in [0.1, 0.15) is 12.5 Å². The van der Waals surface area contributed by atoms with Gasteiger partial charge in [-0.25, -0.2) is 9.18 Å². The molecule has 10 heteroatoms. The number of nitrogens with zero attached hydrogens (tertiary/aromatic N) is 2. The van der Waals surface area contributed by atoms with Crippen molar-refractivity contribution in [1.82, 2.24) is 5.32 Å². The van der Waals surface area contributed by atoms with Crippen LogP contribution < -0.4 is 10.1 Å². The number of esters is 1. The topological polar surface area (TPSA) is 89.4 Å². The maximum Gasteiger partial charge on any atom is 0.331 e. The van der Waals surface area contributed by atoms with Crippen molar-refractivity contribution in [1.29, 1.82) is 0 Å². The number of rotatable bonds is 5. The predicted octanol–water partition coefficient (Wildman–Crippen LogP) is 1.97. The second kappa shape index (κ2) is 8.38. The van der Waals surface area contributed by atoms with E-state index in [2.05, 4.69) is 20.3 Å². The Morgan fingerprint density at radius 3 is 2.84 bits per heavy atom. The zero-order valence-electron chi connectivity index (χ0n) is 13.2. The average molecular weight is 369 g/mol. The number of benzene rings is 1. The van der Waals surface area contributed by atoms with E-state index in [1.54, 1.807) is 6.92 Å². The van der Waals surface area contributed by atoms with Gasteiger partial charge < -0.3 is 9.47 Å². The molecule has 1 heterocycles. The van der Waals surface area contributed by atoms with E-state index in [1.165, 1.54) is 19.4 Å². The van der Waals surface area contributed by atoms with E-state index in [1.807, 2.05) is 0 Å². The molecule has 0 spiro atoms. The smallest absolute Gasteiger partial charge is 0.331 e. The van der Waals surface area contributed by atoms with Crippen molar-refractivity contribution >= 4 is 35.0 Å². The molecule has 0 radical (unpaired) electrons. The Hall–Kier alpha value is -2.75. The van der Waals surface area contributed by atoms with Gasteiger partial charge in [0.05, 0.1) is 24.8 Å². The minimum absolute atomic E-state index is 0.104. The van der Waals surface area contributed by atoms with Crippen molar-refractivity contribution < 1.29 is 27.8 Å². The largest absolute Gasteiger partial charge is 0.491 e. The van der Waals surface area contributed by atoms with E-state index in [0.717, 1.165) is 23.9 Å². The van der Waals surface area contributed by atoms with Gasteiger partial charge in [-0.1, -0.05) is 0 Å². The highest BCUT2D eigenvalue weighted by atomic mass is 32.2. The first-order valence-electron chi connectivity index (χ1n) is 6.96. The normalized spacial score (nSPS) is 17.4. The van der Waals surface area contributed by atoms with Gasteiger partial charge in [0.25, 0.3) is 5.91 Å². The SMILES string of the molecule is CCOc1cc(C=N/N=C2/NC(=O)/C(=C\C(=O)OC)S2)cc(F)c1F. The molecule has 0 aromatic heterocycles. The Morgan fingerprint density at radius 2 is 2.16 bits per heavy atom. The molecule has 25 heavy (non-hydrogen) atoms.